The van der Waals surface area contributed by atoms with Gasteiger partial charge in [-0.2, -0.15) is 0 Å². The molecule has 109 valence electrons. The molecular weight excluding hydrogens is 268 g/mol. The SMILES string of the molecule is [NH]C(=O)N1CCNCC1C(=O)Cc1cc2ccccc2[nH]1. The Labute approximate surface area is 122 Å². The summed E-state index contributed by atoms with van der Waals surface area (Å²) in [6.45, 7) is 1.45. The van der Waals surface area contributed by atoms with Crippen molar-refractivity contribution in [3.8, 4) is 0 Å². The van der Waals surface area contributed by atoms with Crippen LogP contribution in [0.3, 0.4) is 0 Å². The van der Waals surface area contributed by atoms with Gasteiger partial charge in [0, 0.05) is 37.3 Å². The second-order valence-corrected chi connectivity index (χ2v) is 5.24. The number of H-pyrrole nitrogens is 1. The number of aromatic nitrogens is 1. The van der Waals surface area contributed by atoms with Crippen molar-refractivity contribution >= 4 is 22.7 Å². The molecule has 1 atom stereocenters. The fraction of sp³-hybridized carbons (Fsp3) is 0.333. The van der Waals surface area contributed by atoms with Gasteiger partial charge in [-0.1, -0.05) is 18.2 Å². The van der Waals surface area contributed by atoms with E-state index in [2.05, 4.69) is 10.3 Å². The Bertz CT molecular complexity index is 646. The molecule has 6 nitrogen and oxygen atoms in total. The van der Waals surface area contributed by atoms with Crippen molar-refractivity contribution in [2.75, 3.05) is 19.6 Å². The number of hydrogen-bond acceptors (Lipinski definition) is 3. The van der Waals surface area contributed by atoms with E-state index in [1.807, 2.05) is 30.3 Å². The molecule has 0 saturated carbocycles. The minimum Gasteiger partial charge on any atom is -0.358 e. The number of piperazine rings is 1. The van der Waals surface area contributed by atoms with E-state index in [-0.39, 0.29) is 12.2 Å². The van der Waals surface area contributed by atoms with Crippen LogP contribution in [-0.4, -0.2) is 47.4 Å². The Morgan fingerprint density at radius 2 is 2.14 bits per heavy atom. The van der Waals surface area contributed by atoms with Gasteiger partial charge in [-0.15, -0.1) is 0 Å². The van der Waals surface area contributed by atoms with E-state index in [1.54, 1.807) is 0 Å². The number of hydrogen-bond donors (Lipinski definition) is 2. The molecule has 1 fully saturated rings. The molecule has 0 aliphatic carbocycles. The van der Waals surface area contributed by atoms with E-state index in [1.165, 1.54) is 4.90 Å². The number of fused-ring (bicyclic) bond motifs is 1. The van der Waals surface area contributed by atoms with Gasteiger partial charge in [-0.3, -0.25) is 4.79 Å². The zero-order chi connectivity index (χ0) is 14.8. The summed E-state index contributed by atoms with van der Waals surface area (Å²) in [6.07, 6.45) is 0.241. The Morgan fingerprint density at radius 1 is 1.33 bits per heavy atom. The molecule has 0 bridgehead atoms. The van der Waals surface area contributed by atoms with Crippen LogP contribution in [0.15, 0.2) is 30.3 Å². The van der Waals surface area contributed by atoms with Crippen LogP contribution in [-0.2, 0) is 11.2 Å². The lowest BCUT2D eigenvalue weighted by Crippen LogP contribution is -2.57. The number of rotatable bonds is 3. The molecule has 3 rings (SSSR count). The molecule has 21 heavy (non-hydrogen) atoms. The van der Waals surface area contributed by atoms with E-state index in [0.717, 1.165) is 16.6 Å². The van der Waals surface area contributed by atoms with Crippen molar-refractivity contribution in [3.63, 3.8) is 0 Å². The zero-order valence-electron chi connectivity index (χ0n) is 11.6. The van der Waals surface area contributed by atoms with E-state index in [4.69, 9.17) is 5.73 Å². The molecule has 1 aliphatic rings. The molecule has 2 heterocycles. The second kappa shape index (κ2) is 5.57. The first kappa shape index (κ1) is 13.6. The third-order valence-corrected chi connectivity index (χ3v) is 3.83. The summed E-state index contributed by atoms with van der Waals surface area (Å²) in [7, 11) is 0. The Hall–Kier alpha value is -2.34. The van der Waals surface area contributed by atoms with Gasteiger partial charge >= 0.3 is 6.03 Å². The Morgan fingerprint density at radius 3 is 2.90 bits per heavy atom. The average molecular weight is 285 g/mol. The van der Waals surface area contributed by atoms with Gasteiger partial charge in [0.1, 0.15) is 6.04 Å². The van der Waals surface area contributed by atoms with Gasteiger partial charge in [0.15, 0.2) is 5.78 Å². The number of nitrogens with one attached hydrogen (secondary N) is 3. The first-order valence-corrected chi connectivity index (χ1v) is 6.97. The van der Waals surface area contributed by atoms with Crippen LogP contribution in [0.1, 0.15) is 5.69 Å². The predicted octanol–water partition coefficient (Wildman–Crippen LogP) is 0.956. The number of urea groups is 1. The molecule has 3 N–H and O–H groups in total. The van der Waals surface area contributed by atoms with E-state index < -0.39 is 12.1 Å². The van der Waals surface area contributed by atoms with Gasteiger partial charge in [-0.05, 0) is 17.5 Å². The third kappa shape index (κ3) is 2.75. The van der Waals surface area contributed by atoms with Crippen LogP contribution >= 0.6 is 0 Å². The monoisotopic (exact) mass is 285 g/mol. The van der Waals surface area contributed by atoms with Gasteiger partial charge < -0.3 is 15.2 Å². The summed E-state index contributed by atoms with van der Waals surface area (Å²) in [5.41, 5.74) is 9.10. The highest BCUT2D eigenvalue weighted by Crippen LogP contribution is 2.16. The quantitative estimate of drug-likeness (QED) is 0.880. The van der Waals surface area contributed by atoms with Crippen LogP contribution in [0, 0.1) is 0 Å². The highest BCUT2D eigenvalue weighted by atomic mass is 16.2. The van der Waals surface area contributed by atoms with Crippen molar-refractivity contribution in [1.29, 1.82) is 0 Å². The number of Topliss-reactive ketones (excluding diaryl/α,β-unsaturated/α-hetero) is 1. The highest BCUT2D eigenvalue weighted by Gasteiger charge is 2.31. The molecule has 1 saturated heterocycles. The number of aromatic amines is 1. The number of carbonyl (C=O) groups is 2. The fourth-order valence-corrected chi connectivity index (χ4v) is 2.77. The highest BCUT2D eigenvalue weighted by molar-refractivity contribution is 5.91. The maximum atomic E-state index is 12.4. The molecule has 1 unspecified atom stereocenters. The predicted molar refractivity (Wildman–Crippen MR) is 78.9 cm³/mol. The van der Waals surface area contributed by atoms with Crippen molar-refractivity contribution < 1.29 is 9.59 Å². The van der Waals surface area contributed by atoms with Crippen LogP contribution in [0.2, 0.25) is 0 Å². The number of benzene rings is 1. The summed E-state index contributed by atoms with van der Waals surface area (Å²) < 4.78 is 0. The third-order valence-electron chi connectivity index (χ3n) is 3.83. The second-order valence-electron chi connectivity index (χ2n) is 5.24. The van der Waals surface area contributed by atoms with Crippen LogP contribution in [0.5, 0.6) is 0 Å². The zero-order valence-corrected chi connectivity index (χ0v) is 11.6. The normalized spacial score (nSPS) is 18.9. The van der Waals surface area contributed by atoms with Gasteiger partial charge in [0.05, 0.1) is 0 Å². The van der Waals surface area contributed by atoms with Crippen molar-refractivity contribution in [2.45, 2.75) is 12.5 Å². The first-order valence-electron chi connectivity index (χ1n) is 6.97. The Kier molecular flexibility index (Phi) is 3.62. The van der Waals surface area contributed by atoms with Gasteiger partial charge in [-0.25, -0.2) is 10.5 Å². The average Bonchev–Trinajstić information content (AvgIpc) is 2.89. The maximum Gasteiger partial charge on any atom is 0.336 e. The lowest BCUT2D eigenvalue weighted by molar-refractivity contribution is -0.123. The largest absolute Gasteiger partial charge is 0.358 e. The van der Waals surface area contributed by atoms with E-state index in [9.17, 15) is 9.59 Å². The first-order chi connectivity index (χ1) is 10.1. The number of amides is 2. The van der Waals surface area contributed by atoms with Gasteiger partial charge in [0.2, 0.25) is 0 Å². The smallest absolute Gasteiger partial charge is 0.336 e. The minimum atomic E-state index is -0.786. The standard InChI is InChI=1S/C15H17N4O2/c16-15(21)19-6-5-17-9-13(19)14(20)8-11-7-10-3-1-2-4-12(10)18-11/h1-4,7,13,16-18H,5-6,8-9H2. The van der Waals surface area contributed by atoms with Crippen LogP contribution in [0.25, 0.3) is 10.9 Å². The van der Waals surface area contributed by atoms with Crippen molar-refractivity contribution in [1.82, 2.24) is 20.9 Å². The summed E-state index contributed by atoms with van der Waals surface area (Å²) in [5.74, 6) is -0.0469. The lowest BCUT2D eigenvalue weighted by Gasteiger charge is -2.33. The Balaban J connectivity index is 1.76. The molecule has 1 aromatic carbocycles. The lowest BCUT2D eigenvalue weighted by atomic mass is 10.0. The molecule has 1 aliphatic heterocycles. The van der Waals surface area contributed by atoms with Crippen molar-refractivity contribution in [2.24, 2.45) is 0 Å². The summed E-state index contributed by atoms with van der Waals surface area (Å²) >= 11 is 0. The summed E-state index contributed by atoms with van der Waals surface area (Å²) in [5, 5.41) is 4.17. The van der Waals surface area contributed by atoms with Gasteiger partial charge in [0.25, 0.3) is 0 Å². The summed E-state index contributed by atoms with van der Waals surface area (Å²) in [4.78, 5) is 28.3. The fourth-order valence-electron chi connectivity index (χ4n) is 2.77. The topological polar surface area (TPSA) is 89.0 Å². The maximum absolute atomic E-state index is 12.4. The van der Waals surface area contributed by atoms with E-state index >= 15 is 0 Å². The molecule has 0 spiro atoms. The number of para-hydroxylation sites is 1. The van der Waals surface area contributed by atoms with Crippen LogP contribution in [0.4, 0.5) is 4.79 Å². The van der Waals surface area contributed by atoms with Crippen LogP contribution < -0.4 is 11.1 Å². The molecule has 2 amide bonds. The van der Waals surface area contributed by atoms with E-state index in [0.29, 0.717) is 19.6 Å². The molecule has 1 aromatic heterocycles. The molecule has 6 heteroatoms. The number of nitrogens with zero attached hydrogens (tertiary/aromatic N) is 1. The summed E-state index contributed by atoms with van der Waals surface area (Å²) in [6, 6.07) is 8.47. The minimum absolute atomic E-state index is 0.0469. The molecule has 1 radical (unpaired) electrons. The number of carbonyl (C=O) groups excluding carboxylic acids is 2. The van der Waals surface area contributed by atoms with Crippen molar-refractivity contribution in [3.05, 3.63) is 36.0 Å². The number of ketones is 1. The molecular formula is C15H17N4O2. The molecule has 2 aromatic rings.